The van der Waals surface area contributed by atoms with Crippen molar-refractivity contribution in [3.63, 3.8) is 0 Å². The molecule has 2 aromatic heterocycles. The smallest absolute Gasteiger partial charge is 0.341 e. The number of hydrogen-bond acceptors (Lipinski definition) is 5. The molecule has 5 nitrogen and oxygen atoms in total. The molecule has 2 heterocycles. The van der Waals surface area contributed by atoms with Crippen LogP contribution in [0.2, 0.25) is 0 Å². The second-order valence-electron chi connectivity index (χ2n) is 6.87. The van der Waals surface area contributed by atoms with Crippen LogP contribution in [0.15, 0.2) is 53.7 Å². The third-order valence-corrected chi connectivity index (χ3v) is 5.64. The molecule has 0 atom stereocenters. The first-order chi connectivity index (χ1) is 14.4. The number of aryl methyl sites for hydroxylation is 2. The molecule has 3 rings (SSSR count). The zero-order chi connectivity index (χ0) is 21.7. The van der Waals surface area contributed by atoms with Crippen LogP contribution in [0, 0.1) is 19.7 Å². The van der Waals surface area contributed by atoms with E-state index in [-0.39, 0.29) is 18.2 Å². The minimum atomic E-state index is -0.564. The molecule has 0 saturated carbocycles. The van der Waals surface area contributed by atoms with Crippen molar-refractivity contribution in [3.05, 3.63) is 82.6 Å². The molecule has 0 aliphatic rings. The van der Waals surface area contributed by atoms with Crippen LogP contribution < -0.4 is 0 Å². The van der Waals surface area contributed by atoms with E-state index in [4.69, 9.17) is 4.74 Å². The molecule has 0 fully saturated rings. The number of ketones is 1. The number of carbonyl (C=O) groups is 2. The number of rotatable bonds is 8. The highest BCUT2D eigenvalue weighted by atomic mass is 32.2. The van der Waals surface area contributed by atoms with Crippen molar-refractivity contribution in [2.45, 2.75) is 31.8 Å². The van der Waals surface area contributed by atoms with E-state index in [0.717, 1.165) is 23.4 Å². The van der Waals surface area contributed by atoms with Crippen molar-refractivity contribution in [1.82, 2.24) is 9.55 Å². The highest BCUT2D eigenvalue weighted by Gasteiger charge is 2.19. The normalized spacial score (nSPS) is 10.8. The van der Waals surface area contributed by atoms with Crippen LogP contribution in [-0.2, 0) is 17.7 Å². The van der Waals surface area contributed by atoms with E-state index in [2.05, 4.69) is 4.98 Å². The fraction of sp³-hybridized carbons (Fsp3) is 0.261. The zero-order valence-electron chi connectivity index (χ0n) is 17.1. The topological polar surface area (TPSA) is 61.2 Å². The maximum atomic E-state index is 13.1. The van der Waals surface area contributed by atoms with Gasteiger partial charge in [-0.3, -0.25) is 4.79 Å². The molecule has 0 amide bonds. The Morgan fingerprint density at radius 3 is 2.57 bits per heavy atom. The summed E-state index contributed by atoms with van der Waals surface area (Å²) in [6.07, 6.45) is 4.15. The second-order valence-corrected chi connectivity index (χ2v) is 7.67. The van der Waals surface area contributed by atoms with Gasteiger partial charge >= 0.3 is 5.97 Å². The molecule has 0 unspecified atom stereocenters. The van der Waals surface area contributed by atoms with Crippen LogP contribution in [0.25, 0.3) is 0 Å². The van der Waals surface area contributed by atoms with E-state index < -0.39 is 5.97 Å². The van der Waals surface area contributed by atoms with Crippen molar-refractivity contribution in [2.24, 2.45) is 0 Å². The van der Waals surface area contributed by atoms with E-state index in [1.54, 1.807) is 30.5 Å². The van der Waals surface area contributed by atoms with Crippen molar-refractivity contribution >= 4 is 23.5 Å². The maximum absolute atomic E-state index is 13.1. The quantitative estimate of drug-likeness (QED) is 0.298. The van der Waals surface area contributed by atoms with Crippen molar-refractivity contribution in [3.8, 4) is 0 Å². The molecule has 0 bridgehead atoms. The Morgan fingerprint density at radius 1 is 1.13 bits per heavy atom. The van der Waals surface area contributed by atoms with Gasteiger partial charge in [0, 0.05) is 29.7 Å². The molecule has 0 N–H and O–H groups in total. The maximum Gasteiger partial charge on any atom is 0.341 e. The number of esters is 1. The summed E-state index contributed by atoms with van der Waals surface area (Å²) in [4.78, 5) is 29.2. The van der Waals surface area contributed by atoms with Gasteiger partial charge < -0.3 is 9.30 Å². The van der Waals surface area contributed by atoms with Gasteiger partial charge in [-0.2, -0.15) is 0 Å². The van der Waals surface area contributed by atoms with Crippen LogP contribution in [0.5, 0.6) is 0 Å². The van der Waals surface area contributed by atoms with Gasteiger partial charge in [-0.05, 0) is 62.4 Å². The number of carbonyl (C=O) groups excluding carboxylic acids is 2. The summed E-state index contributed by atoms with van der Waals surface area (Å²) in [5.41, 5.74) is 3.67. The minimum absolute atomic E-state index is 0.251. The summed E-state index contributed by atoms with van der Waals surface area (Å²) < 4.78 is 20.4. The fourth-order valence-corrected chi connectivity index (χ4v) is 3.85. The Morgan fingerprint density at radius 2 is 1.87 bits per heavy atom. The predicted octanol–water partition coefficient (Wildman–Crippen LogP) is 4.64. The molecule has 156 valence electrons. The molecule has 0 spiro atoms. The van der Waals surface area contributed by atoms with Crippen molar-refractivity contribution < 1.29 is 18.7 Å². The lowest BCUT2D eigenvalue weighted by molar-refractivity contribution is 0.0470. The zero-order valence-corrected chi connectivity index (χ0v) is 18.0. The van der Waals surface area contributed by atoms with Crippen LogP contribution >= 0.6 is 11.8 Å². The van der Waals surface area contributed by atoms with Gasteiger partial charge in [0.2, 0.25) is 5.78 Å². The minimum Gasteiger partial charge on any atom is -0.454 e. The van der Waals surface area contributed by atoms with E-state index in [9.17, 15) is 14.0 Å². The number of ether oxygens (including phenoxy) is 1. The predicted molar refractivity (Wildman–Crippen MR) is 115 cm³/mol. The molecule has 30 heavy (non-hydrogen) atoms. The summed E-state index contributed by atoms with van der Waals surface area (Å²) in [6, 6.07) is 11.5. The SMILES string of the molecule is CSc1ncccc1C(=O)OCC(=O)c1cc(C)n(CCc2ccc(F)cc2)c1C. The Balaban J connectivity index is 1.65. The van der Waals surface area contributed by atoms with E-state index in [1.165, 1.54) is 23.9 Å². The Labute approximate surface area is 179 Å². The highest BCUT2D eigenvalue weighted by molar-refractivity contribution is 7.98. The number of Topliss-reactive ketones (excluding diaryl/α,β-unsaturated/α-hetero) is 1. The molecule has 0 radical (unpaired) electrons. The first-order valence-electron chi connectivity index (χ1n) is 9.51. The highest BCUT2D eigenvalue weighted by Crippen LogP contribution is 2.19. The number of nitrogens with zero attached hydrogens (tertiary/aromatic N) is 2. The van der Waals surface area contributed by atoms with E-state index >= 15 is 0 Å². The van der Waals surface area contributed by atoms with Crippen LogP contribution in [0.3, 0.4) is 0 Å². The third kappa shape index (κ3) is 4.97. The molecule has 0 aliphatic heterocycles. The average molecular weight is 427 g/mol. The number of halogens is 1. The van der Waals surface area contributed by atoms with Gasteiger partial charge in [-0.1, -0.05) is 12.1 Å². The standard InChI is InChI=1S/C23H23FN2O3S/c1-15-13-20(16(2)26(15)12-10-17-6-8-18(24)9-7-17)21(27)14-29-23(28)19-5-4-11-25-22(19)30-3/h4-9,11,13H,10,12,14H2,1-3H3. The summed E-state index contributed by atoms with van der Waals surface area (Å²) in [5, 5.41) is 0.564. The molecular weight excluding hydrogens is 403 g/mol. The lowest BCUT2D eigenvalue weighted by atomic mass is 10.1. The monoisotopic (exact) mass is 426 g/mol. The number of hydrogen-bond donors (Lipinski definition) is 0. The number of aromatic nitrogens is 2. The van der Waals surface area contributed by atoms with Gasteiger partial charge in [-0.25, -0.2) is 14.2 Å². The number of pyridine rings is 1. The number of thioether (sulfide) groups is 1. The van der Waals surface area contributed by atoms with Gasteiger partial charge in [0.05, 0.1) is 5.56 Å². The lowest BCUT2D eigenvalue weighted by Crippen LogP contribution is -2.16. The largest absolute Gasteiger partial charge is 0.454 e. The van der Waals surface area contributed by atoms with E-state index in [1.807, 2.05) is 30.7 Å². The van der Waals surface area contributed by atoms with Gasteiger partial charge in [0.1, 0.15) is 10.8 Å². The van der Waals surface area contributed by atoms with Crippen LogP contribution in [0.4, 0.5) is 4.39 Å². The average Bonchev–Trinajstić information content (AvgIpc) is 3.04. The van der Waals surface area contributed by atoms with E-state index in [0.29, 0.717) is 22.7 Å². The Kier molecular flexibility index (Phi) is 7.05. The van der Waals surface area contributed by atoms with Crippen LogP contribution in [-0.4, -0.2) is 34.2 Å². The van der Waals surface area contributed by atoms with Crippen molar-refractivity contribution in [2.75, 3.05) is 12.9 Å². The summed E-state index contributed by atoms with van der Waals surface area (Å²) in [6.45, 7) is 4.15. The molecule has 7 heteroatoms. The van der Waals surface area contributed by atoms with Gasteiger partial charge in [0.25, 0.3) is 0 Å². The van der Waals surface area contributed by atoms with Crippen molar-refractivity contribution in [1.29, 1.82) is 0 Å². The molecule has 3 aromatic rings. The van der Waals surface area contributed by atoms with Gasteiger partial charge in [0.15, 0.2) is 6.61 Å². The first-order valence-corrected chi connectivity index (χ1v) is 10.7. The third-order valence-electron chi connectivity index (χ3n) is 4.93. The Bertz CT molecular complexity index is 1060. The van der Waals surface area contributed by atoms with Gasteiger partial charge in [-0.15, -0.1) is 11.8 Å². The summed E-state index contributed by atoms with van der Waals surface area (Å²) in [7, 11) is 0. The molecule has 0 aliphatic carbocycles. The first kappa shape index (κ1) is 21.8. The molecule has 1 aromatic carbocycles. The fourth-order valence-electron chi connectivity index (χ4n) is 3.31. The molecular formula is C23H23FN2O3S. The summed E-state index contributed by atoms with van der Waals surface area (Å²) >= 11 is 1.35. The Hall–Kier alpha value is -2.93. The summed E-state index contributed by atoms with van der Waals surface area (Å²) in [5.74, 6) is -1.07. The second kappa shape index (κ2) is 9.71. The van der Waals surface area contributed by atoms with Crippen LogP contribution in [0.1, 0.15) is 37.7 Å². The molecule has 0 saturated heterocycles. The number of benzene rings is 1. The lowest BCUT2D eigenvalue weighted by Gasteiger charge is -2.10.